The van der Waals surface area contributed by atoms with Crippen molar-refractivity contribution >= 4 is 0 Å². The Balaban J connectivity index is 2.38. The quantitative estimate of drug-likeness (QED) is 0.860. The normalized spacial score (nSPS) is 14.1. The molecule has 100 valence electrons. The summed E-state index contributed by atoms with van der Waals surface area (Å²) in [7, 11) is 0. The molecule has 0 radical (unpaired) electrons. The molecule has 2 unspecified atom stereocenters. The number of aliphatic hydroxyl groups is 1. The van der Waals surface area contributed by atoms with Crippen LogP contribution in [0.15, 0.2) is 54.6 Å². The van der Waals surface area contributed by atoms with E-state index in [2.05, 4.69) is 48.6 Å². The minimum Gasteiger partial charge on any atom is -0.395 e. The van der Waals surface area contributed by atoms with Gasteiger partial charge >= 0.3 is 0 Å². The predicted octanol–water partition coefficient (Wildman–Crippen LogP) is 3.05. The smallest absolute Gasteiger partial charge is 0.0582 e. The molecule has 19 heavy (non-hydrogen) atoms. The van der Waals surface area contributed by atoms with Crippen molar-refractivity contribution in [2.75, 3.05) is 6.61 Å². The van der Waals surface area contributed by atoms with Gasteiger partial charge in [0.25, 0.3) is 0 Å². The lowest BCUT2D eigenvalue weighted by molar-refractivity contribution is 0.245. The molecule has 2 heteroatoms. The van der Waals surface area contributed by atoms with Gasteiger partial charge < -0.3 is 10.4 Å². The number of nitrogens with one attached hydrogen (secondary N) is 1. The number of aryl methyl sites for hydroxylation is 1. The van der Waals surface area contributed by atoms with E-state index in [1.807, 2.05) is 25.1 Å². The first kappa shape index (κ1) is 13.8. The zero-order valence-electron chi connectivity index (χ0n) is 11.5. The molecule has 0 aromatic heterocycles. The minimum atomic E-state index is 0.0600. The Kier molecular flexibility index (Phi) is 4.72. The van der Waals surface area contributed by atoms with E-state index in [0.29, 0.717) is 0 Å². The number of aliphatic hydroxyl groups excluding tert-OH is 1. The molecule has 0 fully saturated rings. The van der Waals surface area contributed by atoms with Gasteiger partial charge in [0.2, 0.25) is 0 Å². The van der Waals surface area contributed by atoms with E-state index < -0.39 is 0 Å². The topological polar surface area (TPSA) is 32.3 Å². The first-order valence-corrected chi connectivity index (χ1v) is 6.69. The van der Waals surface area contributed by atoms with Gasteiger partial charge in [-0.2, -0.15) is 0 Å². The van der Waals surface area contributed by atoms with Gasteiger partial charge in [-0.1, -0.05) is 54.6 Å². The van der Waals surface area contributed by atoms with Crippen LogP contribution in [0.25, 0.3) is 0 Å². The van der Waals surface area contributed by atoms with Crippen LogP contribution >= 0.6 is 0 Å². The number of hydrogen-bond acceptors (Lipinski definition) is 2. The third-order valence-corrected chi connectivity index (χ3v) is 3.36. The van der Waals surface area contributed by atoms with Crippen LogP contribution in [0.2, 0.25) is 0 Å². The van der Waals surface area contributed by atoms with Crippen LogP contribution in [0, 0.1) is 6.92 Å². The summed E-state index contributed by atoms with van der Waals surface area (Å²) in [5, 5.41) is 12.8. The van der Waals surface area contributed by atoms with Crippen molar-refractivity contribution in [3.8, 4) is 0 Å². The second-order valence-corrected chi connectivity index (χ2v) is 4.95. The Hall–Kier alpha value is -1.64. The van der Waals surface area contributed by atoms with Crippen molar-refractivity contribution in [3.63, 3.8) is 0 Å². The summed E-state index contributed by atoms with van der Waals surface area (Å²) >= 11 is 0. The van der Waals surface area contributed by atoms with Crippen LogP contribution in [-0.4, -0.2) is 17.8 Å². The second kappa shape index (κ2) is 6.50. The van der Waals surface area contributed by atoms with Gasteiger partial charge in [-0.05, 0) is 30.5 Å². The Bertz CT molecular complexity index is 510. The molecular weight excluding hydrogens is 234 g/mol. The molecule has 0 aliphatic carbocycles. The molecule has 2 aromatic rings. The second-order valence-electron chi connectivity index (χ2n) is 4.95. The fraction of sp³-hybridized carbons (Fsp3) is 0.294. The van der Waals surface area contributed by atoms with E-state index in [4.69, 9.17) is 0 Å². The average Bonchev–Trinajstić information content (AvgIpc) is 2.46. The summed E-state index contributed by atoms with van der Waals surface area (Å²) in [5.41, 5.74) is 3.74. The minimum absolute atomic E-state index is 0.0600. The van der Waals surface area contributed by atoms with Crippen molar-refractivity contribution in [2.45, 2.75) is 25.9 Å². The van der Waals surface area contributed by atoms with Crippen LogP contribution < -0.4 is 5.32 Å². The van der Waals surface area contributed by atoms with Gasteiger partial charge in [0.15, 0.2) is 0 Å². The fourth-order valence-corrected chi connectivity index (χ4v) is 2.26. The Labute approximate surface area is 115 Å². The summed E-state index contributed by atoms with van der Waals surface area (Å²) < 4.78 is 0. The third kappa shape index (κ3) is 3.43. The molecule has 2 aromatic carbocycles. The summed E-state index contributed by atoms with van der Waals surface area (Å²) in [6, 6.07) is 18.9. The number of rotatable bonds is 5. The highest BCUT2D eigenvalue weighted by Crippen LogP contribution is 2.25. The third-order valence-electron chi connectivity index (χ3n) is 3.36. The molecule has 2 atom stereocenters. The maximum atomic E-state index is 9.28. The monoisotopic (exact) mass is 255 g/mol. The maximum absolute atomic E-state index is 9.28. The van der Waals surface area contributed by atoms with Crippen molar-refractivity contribution in [1.29, 1.82) is 0 Å². The summed E-state index contributed by atoms with van der Waals surface area (Å²) in [5.74, 6) is 0. The van der Waals surface area contributed by atoms with E-state index in [9.17, 15) is 5.11 Å². The van der Waals surface area contributed by atoms with E-state index in [0.717, 1.165) is 0 Å². The molecule has 0 saturated heterocycles. The van der Waals surface area contributed by atoms with Gasteiger partial charge in [-0.3, -0.25) is 0 Å². The van der Waals surface area contributed by atoms with E-state index in [-0.39, 0.29) is 18.7 Å². The summed E-state index contributed by atoms with van der Waals surface area (Å²) in [6.45, 7) is 4.25. The van der Waals surface area contributed by atoms with Crippen LogP contribution in [0.1, 0.15) is 29.7 Å². The van der Waals surface area contributed by atoms with Gasteiger partial charge in [0.1, 0.15) is 0 Å². The van der Waals surface area contributed by atoms with Gasteiger partial charge in [-0.15, -0.1) is 0 Å². The zero-order valence-corrected chi connectivity index (χ0v) is 11.5. The van der Waals surface area contributed by atoms with Crippen LogP contribution in [0.3, 0.4) is 0 Å². The van der Waals surface area contributed by atoms with E-state index >= 15 is 0 Å². The molecule has 2 nitrogen and oxygen atoms in total. The molecule has 0 aliphatic rings. The Morgan fingerprint density at radius 3 is 2.26 bits per heavy atom. The van der Waals surface area contributed by atoms with Crippen LogP contribution in [0.5, 0.6) is 0 Å². The Morgan fingerprint density at radius 2 is 1.63 bits per heavy atom. The summed E-state index contributed by atoms with van der Waals surface area (Å²) in [4.78, 5) is 0. The first-order chi connectivity index (χ1) is 9.22. The Morgan fingerprint density at radius 1 is 1.00 bits per heavy atom. The molecule has 2 N–H and O–H groups in total. The molecule has 0 spiro atoms. The van der Waals surface area contributed by atoms with Crippen LogP contribution in [0.4, 0.5) is 0 Å². The molecule has 0 bridgehead atoms. The highest BCUT2D eigenvalue weighted by Gasteiger charge is 2.17. The molecule has 0 saturated carbocycles. The highest BCUT2D eigenvalue weighted by atomic mass is 16.3. The maximum Gasteiger partial charge on any atom is 0.0582 e. The average molecular weight is 255 g/mol. The van der Waals surface area contributed by atoms with E-state index in [1.54, 1.807) is 0 Å². The molecule has 0 aliphatic heterocycles. The lowest BCUT2D eigenvalue weighted by Gasteiger charge is -2.24. The molecule has 0 heterocycles. The SMILES string of the molecule is Cc1ccccc1C(NC(C)CO)c1ccccc1. The van der Waals surface area contributed by atoms with Gasteiger partial charge in [0, 0.05) is 6.04 Å². The fourth-order valence-electron chi connectivity index (χ4n) is 2.26. The van der Waals surface area contributed by atoms with Gasteiger partial charge in [-0.25, -0.2) is 0 Å². The lowest BCUT2D eigenvalue weighted by atomic mass is 9.94. The standard InChI is InChI=1S/C17H21NO/c1-13-8-6-7-11-16(13)17(18-14(2)12-19)15-9-4-3-5-10-15/h3-11,14,17-19H,12H2,1-2H3. The largest absolute Gasteiger partial charge is 0.395 e. The van der Waals surface area contributed by atoms with Crippen molar-refractivity contribution in [3.05, 3.63) is 71.3 Å². The van der Waals surface area contributed by atoms with Crippen LogP contribution in [-0.2, 0) is 0 Å². The van der Waals surface area contributed by atoms with Gasteiger partial charge in [0.05, 0.1) is 12.6 Å². The number of benzene rings is 2. The van der Waals surface area contributed by atoms with Crippen molar-refractivity contribution < 1.29 is 5.11 Å². The predicted molar refractivity (Wildman–Crippen MR) is 79.1 cm³/mol. The zero-order chi connectivity index (χ0) is 13.7. The molecular formula is C17H21NO. The lowest BCUT2D eigenvalue weighted by Crippen LogP contribution is -2.34. The highest BCUT2D eigenvalue weighted by molar-refractivity contribution is 5.36. The van der Waals surface area contributed by atoms with E-state index in [1.165, 1.54) is 16.7 Å². The summed E-state index contributed by atoms with van der Waals surface area (Å²) in [6.07, 6.45) is 0. The molecule has 2 rings (SSSR count). The number of hydrogen-bond donors (Lipinski definition) is 2. The molecule has 0 amide bonds. The van der Waals surface area contributed by atoms with Crippen molar-refractivity contribution in [1.82, 2.24) is 5.32 Å². The van der Waals surface area contributed by atoms with Crippen molar-refractivity contribution in [2.24, 2.45) is 0 Å². The first-order valence-electron chi connectivity index (χ1n) is 6.69.